The Kier molecular flexibility index (Phi) is 3.70. The van der Waals surface area contributed by atoms with Gasteiger partial charge >= 0.3 is 0 Å². The van der Waals surface area contributed by atoms with Crippen LogP contribution in [-0.4, -0.2) is 16.0 Å². The maximum absolute atomic E-state index is 5.28. The Labute approximate surface area is 96.8 Å². The second-order valence-corrected chi connectivity index (χ2v) is 5.10. The van der Waals surface area contributed by atoms with E-state index in [-0.39, 0.29) is 5.41 Å². The van der Waals surface area contributed by atoms with Crippen LogP contribution in [0, 0.1) is 12.3 Å². The molecule has 0 radical (unpaired) electrons. The second kappa shape index (κ2) is 4.65. The molecule has 0 aliphatic heterocycles. The van der Waals surface area contributed by atoms with Gasteiger partial charge in [-0.05, 0) is 19.3 Å². The number of rotatable bonds is 3. The molecule has 0 aromatic carbocycles. The number of nitrogen functional groups attached to an aromatic ring is 1. The Bertz CT molecular complexity index is 356. The fourth-order valence-corrected chi connectivity index (χ4v) is 1.08. The van der Waals surface area contributed by atoms with E-state index in [1.807, 2.05) is 6.92 Å². The van der Waals surface area contributed by atoms with E-state index in [4.69, 9.17) is 5.84 Å². The van der Waals surface area contributed by atoms with Crippen molar-refractivity contribution in [1.29, 1.82) is 0 Å². The number of aryl methyl sites for hydroxylation is 1. The van der Waals surface area contributed by atoms with Crippen LogP contribution >= 0.6 is 0 Å². The first kappa shape index (κ1) is 12.7. The minimum Gasteiger partial charge on any atom is -0.367 e. The summed E-state index contributed by atoms with van der Waals surface area (Å²) in [7, 11) is 0. The van der Waals surface area contributed by atoms with Crippen LogP contribution < -0.4 is 16.6 Å². The summed E-state index contributed by atoms with van der Waals surface area (Å²) in [5, 5.41) is 3.38. The number of nitrogens with zero attached hydrogens (tertiary/aromatic N) is 2. The molecule has 0 aliphatic carbocycles. The SMILES string of the molecule is Cc1cnc(NN)nc1NC(C)C(C)(C)C. The van der Waals surface area contributed by atoms with Crippen molar-refractivity contribution in [1.82, 2.24) is 9.97 Å². The highest BCUT2D eigenvalue weighted by atomic mass is 15.3. The van der Waals surface area contributed by atoms with Gasteiger partial charge in [-0.3, -0.25) is 5.43 Å². The average molecular weight is 223 g/mol. The van der Waals surface area contributed by atoms with Gasteiger partial charge in [0.15, 0.2) is 0 Å². The molecule has 0 saturated heterocycles. The molecule has 1 atom stereocenters. The molecule has 1 unspecified atom stereocenters. The molecule has 0 bridgehead atoms. The normalized spacial score (nSPS) is 13.4. The lowest BCUT2D eigenvalue weighted by molar-refractivity contribution is 0.358. The Hall–Kier alpha value is -1.36. The van der Waals surface area contributed by atoms with Gasteiger partial charge in [0.05, 0.1) is 0 Å². The van der Waals surface area contributed by atoms with Crippen molar-refractivity contribution >= 4 is 11.8 Å². The Balaban J connectivity index is 2.88. The van der Waals surface area contributed by atoms with E-state index < -0.39 is 0 Å². The van der Waals surface area contributed by atoms with E-state index in [9.17, 15) is 0 Å². The van der Waals surface area contributed by atoms with Gasteiger partial charge in [-0.1, -0.05) is 20.8 Å². The predicted octanol–water partition coefficient (Wildman–Crippen LogP) is 1.92. The number of aromatic nitrogens is 2. The number of anilines is 2. The lowest BCUT2D eigenvalue weighted by atomic mass is 9.88. The summed E-state index contributed by atoms with van der Waals surface area (Å²) in [6, 6.07) is 0.312. The minimum absolute atomic E-state index is 0.174. The zero-order valence-electron chi connectivity index (χ0n) is 10.6. The molecule has 1 aromatic heterocycles. The molecular formula is C11H21N5. The van der Waals surface area contributed by atoms with Crippen molar-refractivity contribution in [2.75, 3.05) is 10.7 Å². The Morgan fingerprint density at radius 2 is 2.00 bits per heavy atom. The molecular weight excluding hydrogens is 202 g/mol. The van der Waals surface area contributed by atoms with Crippen molar-refractivity contribution in [2.24, 2.45) is 11.3 Å². The summed E-state index contributed by atoms with van der Waals surface area (Å²) in [5.74, 6) is 6.53. The van der Waals surface area contributed by atoms with Crippen LogP contribution in [-0.2, 0) is 0 Å². The predicted molar refractivity (Wildman–Crippen MR) is 67.1 cm³/mol. The Morgan fingerprint density at radius 1 is 1.38 bits per heavy atom. The van der Waals surface area contributed by atoms with Gasteiger partial charge in [0, 0.05) is 17.8 Å². The van der Waals surface area contributed by atoms with Gasteiger partial charge < -0.3 is 5.32 Å². The molecule has 5 heteroatoms. The maximum Gasteiger partial charge on any atom is 0.239 e. The van der Waals surface area contributed by atoms with E-state index in [1.54, 1.807) is 6.20 Å². The summed E-state index contributed by atoms with van der Waals surface area (Å²) >= 11 is 0. The van der Waals surface area contributed by atoms with Crippen molar-refractivity contribution in [2.45, 2.75) is 40.7 Å². The third-order valence-electron chi connectivity index (χ3n) is 2.75. The molecule has 0 amide bonds. The fraction of sp³-hybridized carbons (Fsp3) is 0.636. The van der Waals surface area contributed by atoms with Crippen molar-refractivity contribution in [3.05, 3.63) is 11.8 Å². The number of nitrogens with two attached hydrogens (primary N) is 1. The summed E-state index contributed by atoms with van der Waals surface area (Å²) in [6.07, 6.45) is 1.75. The first-order chi connectivity index (χ1) is 7.34. The highest BCUT2D eigenvalue weighted by molar-refractivity contribution is 5.46. The van der Waals surface area contributed by atoms with E-state index in [0.717, 1.165) is 11.4 Å². The van der Waals surface area contributed by atoms with Crippen LogP contribution in [0.4, 0.5) is 11.8 Å². The molecule has 1 aromatic rings. The third kappa shape index (κ3) is 3.06. The highest BCUT2D eigenvalue weighted by Gasteiger charge is 2.20. The van der Waals surface area contributed by atoms with Gasteiger partial charge in [-0.25, -0.2) is 10.8 Å². The van der Waals surface area contributed by atoms with Crippen LogP contribution in [0.5, 0.6) is 0 Å². The topological polar surface area (TPSA) is 75.9 Å². The van der Waals surface area contributed by atoms with Gasteiger partial charge in [-0.15, -0.1) is 0 Å². The summed E-state index contributed by atoms with van der Waals surface area (Å²) in [6.45, 7) is 10.7. The van der Waals surface area contributed by atoms with Gasteiger partial charge in [-0.2, -0.15) is 4.98 Å². The molecule has 1 rings (SSSR count). The highest BCUT2D eigenvalue weighted by Crippen LogP contribution is 2.23. The van der Waals surface area contributed by atoms with Crippen molar-refractivity contribution < 1.29 is 0 Å². The zero-order chi connectivity index (χ0) is 12.3. The first-order valence-corrected chi connectivity index (χ1v) is 5.41. The fourth-order valence-electron chi connectivity index (χ4n) is 1.08. The van der Waals surface area contributed by atoms with Crippen LogP contribution in [0.25, 0.3) is 0 Å². The molecule has 4 N–H and O–H groups in total. The van der Waals surface area contributed by atoms with E-state index >= 15 is 0 Å². The minimum atomic E-state index is 0.174. The molecule has 5 nitrogen and oxygen atoms in total. The molecule has 0 aliphatic rings. The molecule has 16 heavy (non-hydrogen) atoms. The van der Waals surface area contributed by atoms with Crippen LogP contribution in [0.15, 0.2) is 6.20 Å². The van der Waals surface area contributed by atoms with Crippen LogP contribution in [0.1, 0.15) is 33.3 Å². The molecule has 0 fully saturated rings. The van der Waals surface area contributed by atoms with Gasteiger partial charge in [0.25, 0.3) is 0 Å². The summed E-state index contributed by atoms with van der Waals surface area (Å²) in [5.41, 5.74) is 3.63. The number of hydrogen-bond acceptors (Lipinski definition) is 5. The maximum atomic E-state index is 5.28. The van der Waals surface area contributed by atoms with Gasteiger partial charge in [0.2, 0.25) is 5.95 Å². The lowest BCUT2D eigenvalue weighted by Crippen LogP contribution is -2.31. The molecule has 90 valence electrons. The van der Waals surface area contributed by atoms with E-state index in [2.05, 4.69) is 48.4 Å². The quantitative estimate of drug-likeness (QED) is 0.539. The first-order valence-electron chi connectivity index (χ1n) is 5.41. The van der Waals surface area contributed by atoms with Crippen LogP contribution in [0.2, 0.25) is 0 Å². The average Bonchev–Trinajstić information content (AvgIpc) is 2.19. The van der Waals surface area contributed by atoms with Crippen molar-refractivity contribution in [3.63, 3.8) is 0 Å². The van der Waals surface area contributed by atoms with Crippen molar-refractivity contribution in [3.8, 4) is 0 Å². The lowest BCUT2D eigenvalue weighted by Gasteiger charge is -2.29. The summed E-state index contributed by atoms with van der Waals surface area (Å²) in [4.78, 5) is 8.33. The molecule has 1 heterocycles. The third-order valence-corrected chi connectivity index (χ3v) is 2.75. The number of hydrazine groups is 1. The number of nitrogens with one attached hydrogen (secondary N) is 2. The monoisotopic (exact) mass is 223 g/mol. The number of hydrogen-bond donors (Lipinski definition) is 3. The Morgan fingerprint density at radius 3 is 2.50 bits per heavy atom. The van der Waals surface area contributed by atoms with Gasteiger partial charge in [0.1, 0.15) is 5.82 Å². The van der Waals surface area contributed by atoms with E-state index in [1.165, 1.54) is 0 Å². The smallest absolute Gasteiger partial charge is 0.239 e. The largest absolute Gasteiger partial charge is 0.367 e. The molecule has 0 saturated carbocycles. The van der Waals surface area contributed by atoms with E-state index in [0.29, 0.717) is 12.0 Å². The zero-order valence-corrected chi connectivity index (χ0v) is 10.6. The second-order valence-electron chi connectivity index (χ2n) is 5.10. The molecule has 0 spiro atoms. The van der Waals surface area contributed by atoms with Crippen LogP contribution in [0.3, 0.4) is 0 Å². The summed E-state index contributed by atoms with van der Waals surface area (Å²) < 4.78 is 0. The standard InChI is InChI=1S/C11H21N5/c1-7-6-13-10(16-12)15-9(7)14-8(2)11(3,4)5/h6,8H,12H2,1-5H3,(H2,13,14,15,16).